The molecule has 1 aliphatic rings. The quantitative estimate of drug-likeness (QED) is 0.597. The Morgan fingerprint density at radius 2 is 1.91 bits per heavy atom. The minimum absolute atomic E-state index is 0.00787. The van der Waals surface area contributed by atoms with E-state index in [4.69, 9.17) is 5.26 Å². The third-order valence-corrected chi connectivity index (χ3v) is 7.95. The van der Waals surface area contributed by atoms with E-state index >= 15 is 0 Å². The van der Waals surface area contributed by atoms with E-state index in [1.165, 1.54) is 0 Å². The average Bonchev–Trinajstić information content (AvgIpc) is 3.06. The molecule has 0 spiro atoms. The molecule has 6 nitrogen and oxygen atoms in total. The summed E-state index contributed by atoms with van der Waals surface area (Å²) in [5.74, 6) is 0.747. The van der Waals surface area contributed by atoms with E-state index < -0.39 is 10.0 Å². The monoisotopic (exact) mass is 448 g/mol. The summed E-state index contributed by atoms with van der Waals surface area (Å²) < 4.78 is 28.1. The van der Waals surface area contributed by atoms with Crippen molar-refractivity contribution in [2.24, 2.45) is 5.41 Å². The van der Waals surface area contributed by atoms with Crippen LogP contribution in [0.5, 0.6) is 0 Å². The van der Waals surface area contributed by atoms with Gasteiger partial charge in [-0.15, -0.1) is 0 Å². The minimum atomic E-state index is -3.54. The third kappa shape index (κ3) is 4.62. The van der Waals surface area contributed by atoms with E-state index in [1.54, 1.807) is 22.5 Å². The largest absolute Gasteiger partial charge is 0.370 e. The molecule has 1 aromatic heterocycles. The van der Waals surface area contributed by atoms with E-state index in [0.29, 0.717) is 23.5 Å². The SMILES string of the molecule is C[C@@H]1CC(C)(C)CN1S(=O)(=O)c1ccc2nc(NCCc3ccc(C#N)cc3)ccc2c1. The lowest BCUT2D eigenvalue weighted by Gasteiger charge is -2.22. The van der Waals surface area contributed by atoms with Crippen LogP contribution in [0.2, 0.25) is 0 Å². The Hall–Kier alpha value is -2.95. The highest BCUT2D eigenvalue weighted by Crippen LogP contribution is 2.37. The molecule has 7 heteroatoms. The third-order valence-electron chi connectivity index (χ3n) is 5.99. The number of sulfonamides is 1. The zero-order chi connectivity index (χ0) is 22.9. The van der Waals surface area contributed by atoms with Gasteiger partial charge in [0.25, 0.3) is 0 Å². The molecule has 0 amide bonds. The number of fused-ring (bicyclic) bond motifs is 1. The van der Waals surface area contributed by atoms with E-state index in [-0.39, 0.29) is 11.5 Å². The van der Waals surface area contributed by atoms with Crippen LogP contribution in [0.4, 0.5) is 5.82 Å². The zero-order valence-corrected chi connectivity index (χ0v) is 19.5. The summed E-state index contributed by atoms with van der Waals surface area (Å²) in [5.41, 5.74) is 2.54. The molecule has 2 aromatic carbocycles. The smallest absolute Gasteiger partial charge is 0.243 e. The molecule has 1 saturated heterocycles. The molecule has 166 valence electrons. The van der Waals surface area contributed by atoms with Crippen LogP contribution in [0.25, 0.3) is 10.9 Å². The molecular weight excluding hydrogens is 420 g/mol. The maximum absolute atomic E-state index is 13.2. The van der Waals surface area contributed by atoms with Crippen molar-refractivity contribution in [2.75, 3.05) is 18.4 Å². The zero-order valence-electron chi connectivity index (χ0n) is 18.7. The van der Waals surface area contributed by atoms with E-state index in [1.807, 2.05) is 43.3 Å². The fourth-order valence-electron chi connectivity index (χ4n) is 4.44. The van der Waals surface area contributed by atoms with Crippen LogP contribution in [0.3, 0.4) is 0 Å². The number of pyridine rings is 1. The fourth-order valence-corrected chi connectivity index (χ4v) is 6.30. The first kappa shape index (κ1) is 22.3. The molecule has 0 aliphatic carbocycles. The normalized spacial score (nSPS) is 18.5. The van der Waals surface area contributed by atoms with Crippen molar-refractivity contribution in [1.82, 2.24) is 9.29 Å². The lowest BCUT2D eigenvalue weighted by Crippen LogP contribution is -2.34. The van der Waals surface area contributed by atoms with E-state index in [2.05, 4.69) is 30.2 Å². The Kier molecular flexibility index (Phi) is 5.93. The Morgan fingerprint density at radius 1 is 1.16 bits per heavy atom. The van der Waals surface area contributed by atoms with Crippen LogP contribution < -0.4 is 5.32 Å². The standard InChI is InChI=1S/C25H28N4O2S/c1-18-15-25(2,3)17-29(18)32(30,31)22-9-10-23-21(14-22)8-11-24(28-23)27-13-12-19-4-6-20(16-26)7-5-19/h4-11,14,18H,12-13,15,17H2,1-3H3,(H,27,28)/t18-/m1/s1. The molecule has 1 fully saturated rings. The van der Waals surface area contributed by atoms with Crippen molar-refractivity contribution < 1.29 is 8.42 Å². The van der Waals surface area contributed by atoms with Crippen molar-refractivity contribution in [3.8, 4) is 6.07 Å². The molecule has 0 saturated carbocycles. The van der Waals surface area contributed by atoms with Gasteiger partial charge in [0.2, 0.25) is 10.0 Å². The number of rotatable bonds is 6. The molecule has 0 unspecified atom stereocenters. The van der Waals surface area contributed by atoms with Gasteiger partial charge < -0.3 is 5.32 Å². The maximum Gasteiger partial charge on any atom is 0.243 e. The summed E-state index contributed by atoms with van der Waals surface area (Å²) in [6, 6.07) is 18.6. The minimum Gasteiger partial charge on any atom is -0.370 e. The lowest BCUT2D eigenvalue weighted by atomic mass is 9.91. The average molecular weight is 449 g/mol. The number of hydrogen-bond donors (Lipinski definition) is 1. The van der Waals surface area contributed by atoms with Crippen LogP contribution in [-0.2, 0) is 16.4 Å². The Balaban J connectivity index is 1.46. The second-order valence-corrected chi connectivity index (χ2v) is 11.2. The van der Waals surface area contributed by atoms with Crippen molar-refractivity contribution in [3.63, 3.8) is 0 Å². The molecule has 3 aromatic rings. The molecule has 32 heavy (non-hydrogen) atoms. The second kappa shape index (κ2) is 8.53. The van der Waals surface area contributed by atoms with E-state index in [0.717, 1.165) is 35.1 Å². The van der Waals surface area contributed by atoms with Crippen molar-refractivity contribution >= 4 is 26.7 Å². The van der Waals surface area contributed by atoms with Crippen molar-refractivity contribution in [2.45, 2.75) is 44.6 Å². The number of nitrogens with one attached hydrogen (secondary N) is 1. The topological polar surface area (TPSA) is 86.1 Å². The van der Waals surface area contributed by atoms with Crippen LogP contribution in [-0.4, -0.2) is 36.8 Å². The van der Waals surface area contributed by atoms with Gasteiger partial charge in [-0.25, -0.2) is 13.4 Å². The number of nitriles is 1. The first-order valence-corrected chi connectivity index (χ1v) is 12.3. The lowest BCUT2D eigenvalue weighted by molar-refractivity contribution is 0.370. The van der Waals surface area contributed by atoms with Crippen molar-refractivity contribution in [1.29, 1.82) is 5.26 Å². The van der Waals surface area contributed by atoms with Crippen LogP contribution >= 0.6 is 0 Å². The molecular formula is C25H28N4O2S. The first-order valence-electron chi connectivity index (χ1n) is 10.8. The summed E-state index contributed by atoms with van der Waals surface area (Å²) in [6.45, 7) is 7.44. The van der Waals surface area contributed by atoms with Gasteiger partial charge in [-0.1, -0.05) is 26.0 Å². The van der Waals surface area contributed by atoms with Gasteiger partial charge in [0.05, 0.1) is 22.0 Å². The molecule has 0 radical (unpaired) electrons. The second-order valence-electron chi connectivity index (χ2n) is 9.30. The summed E-state index contributed by atoms with van der Waals surface area (Å²) in [4.78, 5) is 4.95. The predicted octanol–water partition coefficient (Wildman–Crippen LogP) is 4.57. The molecule has 4 rings (SSSR count). The molecule has 1 N–H and O–H groups in total. The summed E-state index contributed by atoms with van der Waals surface area (Å²) in [6.07, 6.45) is 1.67. The highest BCUT2D eigenvalue weighted by molar-refractivity contribution is 7.89. The van der Waals surface area contributed by atoms with Gasteiger partial charge in [-0.3, -0.25) is 0 Å². The van der Waals surface area contributed by atoms with Gasteiger partial charge in [-0.2, -0.15) is 9.57 Å². The number of benzene rings is 2. The summed E-state index contributed by atoms with van der Waals surface area (Å²) >= 11 is 0. The van der Waals surface area contributed by atoms with Gasteiger partial charge in [0, 0.05) is 24.5 Å². The van der Waals surface area contributed by atoms with E-state index in [9.17, 15) is 8.42 Å². The van der Waals surface area contributed by atoms with Crippen LogP contribution in [0.1, 0.15) is 38.3 Å². The number of aromatic nitrogens is 1. The molecule has 2 heterocycles. The van der Waals surface area contributed by atoms with Crippen molar-refractivity contribution in [3.05, 3.63) is 65.7 Å². The predicted molar refractivity (Wildman–Crippen MR) is 127 cm³/mol. The Bertz CT molecular complexity index is 1280. The Morgan fingerprint density at radius 3 is 2.56 bits per heavy atom. The number of anilines is 1. The van der Waals surface area contributed by atoms with Gasteiger partial charge >= 0.3 is 0 Å². The van der Waals surface area contributed by atoms with Gasteiger partial charge in [0.1, 0.15) is 5.82 Å². The highest BCUT2D eigenvalue weighted by Gasteiger charge is 2.41. The highest BCUT2D eigenvalue weighted by atomic mass is 32.2. The van der Waals surface area contributed by atoms with Gasteiger partial charge in [-0.05, 0) is 73.2 Å². The summed E-state index contributed by atoms with van der Waals surface area (Å²) in [7, 11) is -3.54. The number of nitrogens with zero attached hydrogens (tertiary/aromatic N) is 3. The summed E-state index contributed by atoms with van der Waals surface area (Å²) in [5, 5.41) is 13.0. The fraction of sp³-hybridized carbons (Fsp3) is 0.360. The molecule has 0 bridgehead atoms. The van der Waals surface area contributed by atoms with Crippen LogP contribution in [0.15, 0.2) is 59.5 Å². The maximum atomic E-state index is 13.2. The molecule has 1 atom stereocenters. The number of hydrogen-bond acceptors (Lipinski definition) is 5. The Labute approximate surface area is 189 Å². The molecule has 1 aliphatic heterocycles. The van der Waals surface area contributed by atoms with Crippen LogP contribution in [0, 0.1) is 16.7 Å². The first-order chi connectivity index (χ1) is 15.2. The van der Waals surface area contributed by atoms with Gasteiger partial charge in [0.15, 0.2) is 0 Å².